The smallest absolute Gasteiger partial charge is 0.193 e. The van der Waals surface area contributed by atoms with Gasteiger partial charge in [-0.25, -0.2) is 0 Å². The summed E-state index contributed by atoms with van der Waals surface area (Å²) in [5.41, 5.74) is 6.79. The van der Waals surface area contributed by atoms with Crippen LogP contribution in [0.3, 0.4) is 0 Å². The van der Waals surface area contributed by atoms with Gasteiger partial charge in [0.1, 0.15) is 0 Å². The Morgan fingerprint density at radius 3 is 2.67 bits per heavy atom. The van der Waals surface area contributed by atoms with Gasteiger partial charge in [0.2, 0.25) is 0 Å². The minimum atomic E-state index is 0.445. The van der Waals surface area contributed by atoms with E-state index < -0.39 is 0 Å². The molecule has 21 heavy (non-hydrogen) atoms. The van der Waals surface area contributed by atoms with Crippen molar-refractivity contribution in [1.82, 2.24) is 0 Å². The predicted molar refractivity (Wildman–Crippen MR) is 89.7 cm³/mol. The third-order valence-corrected chi connectivity index (χ3v) is 4.57. The second-order valence-corrected chi connectivity index (χ2v) is 6.20. The molecule has 0 spiro atoms. The Morgan fingerprint density at radius 2 is 2.00 bits per heavy atom. The van der Waals surface area contributed by atoms with Crippen LogP contribution >= 0.6 is 11.8 Å². The van der Waals surface area contributed by atoms with Gasteiger partial charge in [-0.05, 0) is 42.4 Å². The number of hydrogen-bond acceptors (Lipinski definition) is 4. The van der Waals surface area contributed by atoms with Crippen LogP contribution in [-0.2, 0) is 0 Å². The quantitative estimate of drug-likeness (QED) is 0.646. The fourth-order valence-corrected chi connectivity index (χ4v) is 3.46. The standard InChI is InChI=1S/C15H23N3O2S/c1-19-13-4-3-12(9-14(13)20-2)18-15(16)17-10-11-5-7-21-8-6-11/h3-4,9,11H,5-8,10H2,1-2H3,(H3,16,17,18). The van der Waals surface area contributed by atoms with Gasteiger partial charge >= 0.3 is 0 Å². The minimum Gasteiger partial charge on any atom is -0.493 e. The summed E-state index contributed by atoms with van der Waals surface area (Å²) in [6.07, 6.45) is 2.47. The molecule has 0 amide bonds. The summed E-state index contributed by atoms with van der Waals surface area (Å²) in [6.45, 7) is 0.798. The number of methoxy groups -OCH3 is 2. The van der Waals surface area contributed by atoms with E-state index in [2.05, 4.69) is 10.3 Å². The molecule has 1 fully saturated rings. The Morgan fingerprint density at radius 1 is 1.29 bits per heavy atom. The predicted octanol–water partition coefficient (Wildman–Crippen LogP) is 2.57. The molecule has 0 bridgehead atoms. The topological polar surface area (TPSA) is 68.9 Å². The van der Waals surface area contributed by atoms with E-state index in [0.717, 1.165) is 12.2 Å². The summed E-state index contributed by atoms with van der Waals surface area (Å²) < 4.78 is 10.5. The minimum absolute atomic E-state index is 0.445. The molecule has 1 heterocycles. The molecule has 0 atom stereocenters. The molecule has 0 saturated carbocycles. The van der Waals surface area contributed by atoms with Crippen LogP contribution in [0.25, 0.3) is 0 Å². The van der Waals surface area contributed by atoms with Gasteiger partial charge in [-0.2, -0.15) is 11.8 Å². The molecule has 0 aromatic heterocycles. The van der Waals surface area contributed by atoms with Crippen LogP contribution in [0, 0.1) is 5.92 Å². The molecule has 5 nitrogen and oxygen atoms in total. The Balaban J connectivity index is 1.93. The number of nitrogens with two attached hydrogens (primary N) is 1. The van der Waals surface area contributed by atoms with Gasteiger partial charge in [0.05, 0.1) is 14.2 Å². The normalized spacial score (nSPS) is 16.6. The van der Waals surface area contributed by atoms with E-state index in [1.807, 2.05) is 30.0 Å². The van der Waals surface area contributed by atoms with Crippen LogP contribution in [0.5, 0.6) is 11.5 Å². The van der Waals surface area contributed by atoms with Gasteiger partial charge in [-0.3, -0.25) is 4.99 Å². The average Bonchev–Trinajstić information content (AvgIpc) is 2.53. The second-order valence-electron chi connectivity index (χ2n) is 4.98. The summed E-state index contributed by atoms with van der Waals surface area (Å²) in [5.74, 6) is 4.95. The third kappa shape index (κ3) is 4.74. The summed E-state index contributed by atoms with van der Waals surface area (Å²) in [5, 5.41) is 3.09. The number of aliphatic imine (C=N–C) groups is 1. The first-order chi connectivity index (χ1) is 10.2. The molecule has 1 aliphatic rings. The highest BCUT2D eigenvalue weighted by atomic mass is 32.2. The number of benzene rings is 1. The molecule has 0 unspecified atom stereocenters. The first kappa shape index (κ1) is 15.8. The lowest BCUT2D eigenvalue weighted by atomic mass is 10.0. The molecule has 6 heteroatoms. The fraction of sp³-hybridized carbons (Fsp3) is 0.533. The molecule has 1 saturated heterocycles. The first-order valence-electron chi connectivity index (χ1n) is 7.09. The monoisotopic (exact) mass is 309 g/mol. The van der Waals surface area contributed by atoms with E-state index in [9.17, 15) is 0 Å². The fourth-order valence-electron chi connectivity index (χ4n) is 2.26. The third-order valence-electron chi connectivity index (χ3n) is 3.52. The van der Waals surface area contributed by atoms with Gasteiger partial charge in [-0.15, -0.1) is 0 Å². The molecule has 1 aromatic carbocycles. The molecule has 1 aliphatic heterocycles. The highest BCUT2D eigenvalue weighted by Crippen LogP contribution is 2.29. The average molecular weight is 309 g/mol. The van der Waals surface area contributed by atoms with Crippen LogP contribution in [0.2, 0.25) is 0 Å². The van der Waals surface area contributed by atoms with Crippen molar-refractivity contribution in [3.63, 3.8) is 0 Å². The maximum Gasteiger partial charge on any atom is 0.193 e. The first-order valence-corrected chi connectivity index (χ1v) is 8.25. The zero-order valence-corrected chi connectivity index (χ0v) is 13.4. The van der Waals surface area contributed by atoms with E-state index >= 15 is 0 Å². The van der Waals surface area contributed by atoms with Gasteiger partial charge in [-0.1, -0.05) is 0 Å². The largest absolute Gasteiger partial charge is 0.493 e. The van der Waals surface area contributed by atoms with E-state index in [4.69, 9.17) is 15.2 Å². The molecule has 1 aromatic rings. The lowest BCUT2D eigenvalue weighted by Crippen LogP contribution is -2.24. The highest BCUT2D eigenvalue weighted by molar-refractivity contribution is 7.99. The van der Waals surface area contributed by atoms with Crippen molar-refractivity contribution in [3.05, 3.63) is 18.2 Å². The second kappa shape index (κ2) is 8.02. The van der Waals surface area contributed by atoms with Gasteiger partial charge < -0.3 is 20.5 Å². The summed E-state index contributed by atoms with van der Waals surface area (Å²) in [6, 6.07) is 5.58. The Kier molecular flexibility index (Phi) is 6.04. The zero-order chi connectivity index (χ0) is 15.1. The number of thioether (sulfide) groups is 1. The van der Waals surface area contributed by atoms with Crippen molar-refractivity contribution in [1.29, 1.82) is 0 Å². The number of hydrogen-bond donors (Lipinski definition) is 2. The molecular weight excluding hydrogens is 286 g/mol. The van der Waals surface area contributed by atoms with Gasteiger partial charge in [0, 0.05) is 18.3 Å². The number of anilines is 1. The van der Waals surface area contributed by atoms with Crippen molar-refractivity contribution in [3.8, 4) is 11.5 Å². The lowest BCUT2D eigenvalue weighted by Gasteiger charge is -2.19. The van der Waals surface area contributed by atoms with Crippen LogP contribution < -0.4 is 20.5 Å². The van der Waals surface area contributed by atoms with Crippen LogP contribution in [0.1, 0.15) is 12.8 Å². The highest BCUT2D eigenvalue weighted by Gasteiger charge is 2.13. The van der Waals surface area contributed by atoms with E-state index in [1.165, 1.54) is 24.3 Å². The number of rotatable bonds is 5. The number of ether oxygens (including phenoxy) is 2. The molecular formula is C15H23N3O2S. The van der Waals surface area contributed by atoms with Crippen LogP contribution in [0.15, 0.2) is 23.2 Å². The van der Waals surface area contributed by atoms with Crippen molar-refractivity contribution in [2.75, 3.05) is 37.6 Å². The summed E-state index contributed by atoms with van der Waals surface area (Å²) in [4.78, 5) is 4.44. The van der Waals surface area contributed by atoms with Crippen molar-refractivity contribution < 1.29 is 9.47 Å². The molecule has 116 valence electrons. The zero-order valence-electron chi connectivity index (χ0n) is 12.6. The van der Waals surface area contributed by atoms with E-state index in [0.29, 0.717) is 23.4 Å². The van der Waals surface area contributed by atoms with Gasteiger partial charge in [0.25, 0.3) is 0 Å². The summed E-state index contributed by atoms with van der Waals surface area (Å²) >= 11 is 2.02. The van der Waals surface area contributed by atoms with Gasteiger partial charge in [0.15, 0.2) is 17.5 Å². The van der Waals surface area contributed by atoms with Crippen molar-refractivity contribution in [2.45, 2.75) is 12.8 Å². The number of nitrogens with zero attached hydrogens (tertiary/aromatic N) is 1. The number of guanidine groups is 1. The van der Waals surface area contributed by atoms with Crippen LogP contribution in [0.4, 0.5) is 5.69 Å². The maximum atomic E-state index is 5.95. The Hall–Kier alpha value is -1.56. The summed E-state index contributed by atoms with van der Waals surface area (Å²) in [7, 11) is 3.23. The lowest BCUT2D eigenvalue weighted by molar-refractivity contribution is 0.355. The Labute approximate surface area is 130 Å². The SMILES string of the molecule is COc1ccc(NC(N)=NCC2CCSCC2)cc1OC. The molecule has 2 rings (SSSR count). The van der Waals surface area contributed by atoms with Crippen LogP contribution in [-0.4, -0.2) is 38.2 Å². The Bertz CT molecular complexity index is 488. The van der Waals surface area contributed by atoms with Crippen molar-refractivity contribution in [2.24, 2.45) is 16.6 Å². The number of nitrogens with one attached hydrogen (secondary N) is 1. The maximum absolute atomic E-state index is 5.95. The van der Waals surface area contributed by atoms with Crippen molar-refractivity contribution >= 4 is 23.4 Å². The molecule has 0 aliphatic carbocycles. The molecule has 0 radical (unpaired) electrons. The van der Waals surface area contributed by atoms with E-state index in [-0.39, 0.29) is 0 Å². The van der Waals surface area contributed by atoms with E-state index in [1.54, 1.807) is 14.2 Å². The molecule has 3 N–H and O–H groups in total.